The summed E-state index contributed by atoms with van der Waals surface area (Å²) < 4.78 is 20.5. The predicted molar refractivity (Wildman–Crippen MR) is 33.1 cm³/mol. The van der Waals surface area contributed by atoms with Crippen molar-refractivity contribution in [3.05, 3.63) is 0 Å². The SMILES string of the molecule is CS(=O)(=O)CC[AsH2]. The van der Waals surface area contributed by atoms with Gasteiger partial charge in [0, 0.05) is 0 Å². The molecule has 44 valence electrons. The summed E-state index contributed by atoms with van der Waals surface area (Å²) in [5.41, 5.74) is 0. The van der Waals surface area contributed by atoms with E-state index in [0.717, 1.165) is 5.21 Å². The summed E-state index contributed by atoms with van der Waals surface area (Å²) in [5, 5.41) is 0.784. The van der Waals surface area contributed by atoms with Gasteiger partial charge in [-0.15, -0.1) is 0 Å². The molecular weight excluding hydrogens is 175 g/mol. The Morgan fingerprint density at radius 1 is 1.57 bits per heavy atom. The molecule has 1 unspecified atom stereocenters. The molecule has 0 rings (SSSR count). The Morgan fingerprint density at radius 3 is 2.00 bits per heavy atom. The standard InChI is InChI=1S/C3H9AsO2S/c1-7(5,6)3-2-4/h2-4H2,1H3. The number of hydrogen-bond donors (Lipinski definition) is 0. The molecule has 0 heterocycles. The van der Waals surface area contributed by atoms with Gasteiger partial charge < -0.3 is 0 Å². The second-order valence-electron chi connectivity index (χ2n) is 1.42. The molecule has 0 fully saturated rings. The van der Waals surface area contributed by atoms with Crippen molar-refractivity contribution in [2.24, 2.45) is 0 Å². The molecule has 0 aromatic rings. The summed E-state index contributed by atoms with van der Waals surface area (Å²) in [6.45, 7) is 0. The third kappa shape index (κ3) is 6.51. The second kappa shape index (κ2) is 2.73. The van der Waals surface area contributed by atoms with E-state index in [4.69, 9.17) is 0 Å². The van der Waals surface area contributed by atoms with Crippen LogP contribution in [0.25, 0.3) is 0 Å². The summed E-state index contributed by atoms with van der Waals surface area (Å²) in [4.78, 5) is 0. The van der Waals surface area contributed by atoms with Crippen molar-refractivity contribution in [3.8, 4) is 0 Å². The predicted octanol–water partition coefficient (Wildman–Crippen LogP) is -0.918. The molecule has 0 aromatic heterocycles. The molecule has 0 aromatic carbocycles. The normalized spacial score (nSPS) is 11.7. The Bertz CT molecular complexity index is 126. The number of sulfone groups is 1. The first kappa shape index (κ1) is 7.51. The first-order chi connectivity index (χ1) is 3.06. The van der Waals surface area contributed by atoms with Gasteiger partial charge >= 0.3 is 52.3 Å². The Hall–Kier alpha value is 0.508. The molecular formula is C3H9AsO2S. The van der Waals surface area contributed by atoms with Crippen molar-refractivity contribution < 1.29 is 8.42 Å². The van der Waals surface area contributed by atoms with Crippen molar-refractivity contribution in [1.29, 1.82) is 0 Å². The molecule has 7 heavy (non-hydrogen) atoms. The minimum atomic E-state index is -2.66. The van der Waals surface area contributed by atoms with Crippen LogP contribution in [0.3, 0.4) is 0 Å². The summed E-state index contributed by atoms with van der Waals surface area (Å²) in [5.74, 6) is 0.340. The van der Waals surface area contributed by atoms with Gasteiger partial charge in [-0.1, -0.05) is 0 Å². The average Bonchev–Trinajstić information content (AvgIpc) is 1.30. The van der Waals surface area contributed by atoms with Crippen LogP contribution in [0, 0.1) is 0 Å². The van der Waals surface area contributed by atoms with Crippen LogP contribution in [-0.2, 0) is 9.84 Å². The van der Waals surface area contributed by atoms with E-state index in [0.29, 0.717) is 5.75 Å². The van der Waals surface area contributed by atoms with Crippen molar-refractivity contribution in [3.63, 3.8) is 0 Å². The fourth-order valence-corrected chi connectivity index (χ4v) is 3.34. The van der Waals surface area contributed by atoms with Gasteiger partial charge in [0.15, 0.2) is 0 Å². The van der Waals surface area contributed by atoms with Crippen molar-refractivity contribution >= 4 is 26.7 Å². The monoisotopic (exact) mass is 184 g/mol. The van der Waals surface area contributed by atoms with Crippen LogP contribution >= 0.6 is 0 Å². The molecule has 4 heteroatoms. The fraction of sp³-hybridized carbons (Fsp3) is 1.00. The van der Waals surface area contributed by atoms with E-state index in [1.54, 1.807) is 0 Å². The summed E-state index contributed by atoms with van der Waals surface area (Å²) >= 11 is 1.46. The molecule has 1 atom stereocenters. The van der Waals surface area contributed by atoms with Crippen LogP contribution in [0.5, 0.6) is 0 Å². The van der Waals surface area contributed by atoms with Crippen molar-refractivity contribution in [2.75, 3.05) is 12.0 Å². The van der Waals surface area contributed by atoms with E-state index in [-0.39, 0.29) is 0 Å². The molecule has 0 N–H and O–H groups in total. The fourth-order valence-electron chi connectivity index (χ4n) is 0.214. The summed E-state index contributed by atoms with van der Waals surface area (Å²) in [6.07, 6.45) is 1.26. The quantitative estimate of drug-likeness (QED) is 0.520. The minimum absolute atomic E-state index is 0.340. The average molecular weight is 184 g/mol. The van der Waals surface area contributed by atoms with E-state index in [1.807, 2.05) is 0 Å². The Balaban J connectivity index is 3.60. The Labute approximate surface area is 52.7 Å². The van der Waals surface area contributed by atoms with Crippen LogP contribution in [0.15, 0.2) is 0 Å². The van der Waals surface area contributed by atoms with Gasteiger partial charge in [0.25, 0.3) is 0 Å². The van der Waals surface area contributed by atoms with Gasteiger partial charge in [-0.2, -0.15) is 0 Å². The molecule has 0 amide bonds. The van der Waals surface area contributed by atoms with Crippen LogP contribution in [-0.4, -0.2) is 37.3 Å². The van der Waals surface area contributed by atoms with Crippen LogP contribution in [0.1, 0.15) is 0 Å². The zero-order valence-electron chi connectivity index (χ0n) is 4.22. The summed E-state index contributed by atoms with van der Waals surface area (Å²) in [6, 6.07) is 0. The third-order valence-corrected chi connectivity index (χ3v) is 2.95. The molecule has 2 nitrogen and oxygen atoms in total. The van der Waals surface area contributed by atoms with Gasteiger partial charge in [0.2, 0.25) is 0 Å². The zero-order chi connectivity index (χ0) is 5.91. The van der Waals surface area contributed by atoms with E-state index >= 15 is 0 Å². The molecule has 0 saturated carbocycles. The Kier molecular flexibility index (Phi) is 2.93. The Morgan fingerprint density at radius 2 is 2.00 bits per heavy atom. The van der Waals surface area contributed by atoms with Crippen molar-refractivity contribution in [2.45, 2.75) is 5.21 Å². The van der Waals surface area contributed by atoms with Gasteiger partial charge in [-0.3, -0.25) is 0 Å². The van der Waals surface area contributed by atoms with E-state index < -0.39 is 9.84 Å². The first-order valence-electron chi connectivity index (χ1n) is 1.94. The first-order valence-corrected chi connectivity index (χ1v) is 5.71. The maximum atomic E-state index is 10.2. The zero-order valence-corrected chi connectivity index (χ0v) is 7.46. The van der Waals surface area contributed by atoms with Crippen molar-refractivity contribution in [1.82, 2.24) is 0 Å². The topological polar surface area (TPSA) is 34.1 Å². The molecule has 0 saturated heterocycles. The van der Waals surface area contributed by atoms with Gasteiger partial charge in [-0.25, -0.2) is 0 Å². The number of rotatable bonds is 2. The van der Waals surface area contributed by atoms with Gasteiger partial charge in [0.1, 0.15) is 0 Å². The second-order valence-corrected chi connectivity index (χ2v) is 4.89. The molecule has 0 spiro atoms. The molecule has 0 aliphatic heterocycles. The third-order valence-electron chi connectivity index (χ3n) is 0.489. The van der Waals surface area contributed by atoms with E-state index in [9.17, 15) is 8.42 Å². The molecule has 0 radical (unpaired) electrons. The molecule has 0 aliphatic carbocycles. The molecule has 0 bridgehead atoms. The van der Waals surface area contributed by atoms with Crippen LogP contribution in [0.2, 0.25) is 5.21 Å². The van der Waals surface area contributed by atoms with E-state index in [2.05, 4.69) is 0 Å². The van der Waals surface area contributed by atoms with Crippen LogP contribution < -0.4 is 0 Å². The van der Waals surface area contributed by atoms with Gasteiger partial charge in [-0.05, 0) is 0 Å². The van der Waals surface area contributed by atoms with Gasteiger partial charge in [0.05, 0.1) is 0 Å². The molecule has 0 aliphatic rings. The van der Waals surface area contributed by atoms with E-state index in [1.165, 1.54) is 23.1 Å². The van der Waals surface area contributed by atoms with Crippen LogP contribution in [0.4, 0.5) is 0 Å². The number of hydrogen-bond acceptors (Lipinski definition) is 2. The maximum absolute atomic E-state index is 10.2. The summed E-state index contributed by atoms with van der Waals surface area (Å²) in [7, 11) is -2.66.